The second-order valence-corrected chi connectivity index (χ2v) is 3.08. The fourth-order valence-electron chi connectivity index (χ4n) is 0.880. The van der Waals surface area contributed by atoms with Crippen molar-refractivity contribution in [3.05, 3.63) is 23.0 Å². The minimum Gasteiger partial charge on any atom is -0.397 e. The maximum atomic E-state index is 12.2. The Labute approximate surface area is 82.9 Å². The van der Waals surface area contributed by atoms with Crippen molar-refractivity contribution in [1.82, 2.24) is 4.98 Å². The number of hydrogen-bond donors (Lipinski definition) is 2. The molecule has 14 heavy (non-hydrogen) atoms. The van der Waals surface area contributed by atoms with E-state index in [1.165, 1.54) is 6.07 Å². The number of alkyl halides is 3. The fourth-order valence-corrected chi connectivity index (χ4v) is 1.05. The Balaban J connectivity index is 3.08. The minimum absolute atomic E-state index is 0.165. The Kier molecular flexibility index (Phi) is 2.86. The fraction of sp³-hybridized carbons (Fsp3) is 0.286. The quantitative estimate of drug-likeness (QED) is 0.767. The highest BCUT2D eigenvalue weighted by Gasteiger charge is 2.39. The number of nitrogens with two attached hydrogens (primary N) is 2. The monoisotopic (exact) mass is 225 g/mol. The van der Waals surface area contributed by atoms with Gasteiger partial charge in [-0.15, -0.1) is 0 Å². The molecule has 0 amide bonds. The number of nitrogens with zero attached hydrogens (tertiary/aromatic N) is 1. The maximum absolute atomic E-state index is 12.2. The standard InChI is InChI=1S/C7H7ClF3N3/c8-3-1-4(12)5(14-2-3)6(13)7(9,10)11/h1-2,6H,12-13H2. The van der Waals surface area contributed by atoms with Crippen LogP contribution in [0.5, 0.6) is 0 Å². The number of anilines is 1. The van der Waals surface area contributed by atoms with Gasteiger partial charge in [-0.25, -0.2) is 0 Å². The van der Waals surface area contributed by atoms with Crippen LogP contribution in [0.2, 0.25) is 5.02 Å². The second kappa shape index (κ2) is 3.62. The molecule has 0 bridgehead atoms. The van der Waals surface area contributed by atoms with Gasteiger partial charge in [-0.05, 0) is 6.07 Å². The third-order valence-electron chi connectivity index (χ3n) is 1.56. The Hall–Kier alpha value is -1.01. The lowest BCUT2D eigenvalue weighted by atomic mass is 10.1. The van der Waals surface area contributed by atoms with Gasteiger partial charge >= 0.3 is 6.18 Å². The topological polar surface area (TPSA) is 64.9 Å². The van der Waals surface area contributed by atoms with E-state index in [1.54, 1.807) is 0 Å². The summed E-state index contributed by atoms with van der Waals surface area (Å²) < 4.78 is 36.5. The van der Waals surface area contributed by atoms with Crippen LogP contribution < -0.4 is 11.5 Å². The molecular formula is C7H7ClF3N3. The molecule has 0 saturated carbocycles. The van der Waals surface area contributed by atoms with Crippen LogP contribution in [-0.4, -0.2) is 11.2 Å². The van der Waals surface area contributed by atoms with Crippen LogP contribution in [0, 0.1) is 0 Å². The first-order valence-electron chi connectivity index (χ1n) is 3.55. The zero-order valence-corrected chi connectivity index (χ0v) is 7.60. The zero-order valence-electron chi connectivity index (χ0n) is 6.85. The summed E-state index contributed by atoms with van der Waals surface area (Å²) in [6, 6.07) is -1.00. The van der Waals surface area contributed by atoms with Crippen LogP contribution in [0.1, 0.15) is 11.7 Å². The lowest BCUT2D eigenvalue weighted by molar-refractivity contribution is -0.149. The average molecular weight is 226 g/mol. The van der Waals surface area contributed by atoms with Crippen LogP contribution in [0.4, 0.5) is 18.9 Å². The highest BCUT2D eigenvalue weighted by Crippen LogP contribution is 2.32. The molecule has 0 spiro atoms. The summed E-state index contributed by atoms with van der Waals surface area (Å²) in [6.07, 6.45) is -3.49. The first kappa shape index (κ1) is 11.1. The van der Waals surface area contributed by atoms with Crippen molar-refractivity contribution in [2.45, 2.75) is 12.2 Å². The summed E-state index contributed by atoms with van der Waals surface area (Å²) in [5.41, 5.74) is 9.62. The summed E-state index contributed by atoms with van der Waals surface area (Å²) in [5.74, 6) is 0. The Morgan fingerprint density at radius 2 is 2.00 bits per heavy atom. The number of aromatic nitrogens is 1. The van der Waals surface area contributed by atoms with E-state index in [0.29, 0.717) is 0 Å². The van der Waals surface area contributed by atoms with Gasteiger partial charge in [-0.2, -0.15) is 13.2 Å². The molecule has 78 valence electrons. The lowest BCUT2D eigenvalue weighted by Crippen LogP contribution is -2.30. The van der Waals surface area contributed by atoms with Gasteiger partial charge in [0.1, 0.15) is 6.04 Å². The van der Waals surface area contributed by atoms with Crippen LogP contribution in [0.3, 0.4) is 0 Å². The van der Waals surface area contributed by atoms with Gasteiger partial charge in [0.2, 0.25) is 0 Å². The molecule has 0 radical (unpaired) electrons. The predicted octanol–water partition coefficient (Wildman–Crippen LogP) is 1.88. The summed E-state index contributed by atoms with van der Waals surface area (Å²) in [6.45, 7) is 0. The van der Waals surface area contributed by atoms with Crippen molar-refractivity contribution in [3.63, 3.8) is 0 Å². The van der Waals surface area contributed by atoms with Gasteiger partial charge in [0.25, 0.3) is 0 Å². The molecule has 1 aromatic rings. The van der Waals surface area contributed by atoms with Gasteiger partial charge in [0.05, 0.1) is 16.4 Å². The zero-order chi connectivity index (χ0) is 10.9. The summed E-state index contributed by atoms with van der Waals surface area (Å²) in [4.78, 5) is 3.44. The molecule has 4 N–H and O–H groups in total. The first-order valence-corrected chi connectivity index (χ1v) is 3.93. The molecule has 1 atom stereocenters. The molecule has 0 aliphatic rings. The van der Waals surface area contributed by atoms with Gasteiger partial charge in [-0.3, -0.25) is 4.98 Å². The van der Waals surface area contributed by atoms with Crippen molar-refractivity contribution in [2.24, 2.45) is 5.73 Å². The average Bonchev–Trinajstić information content (AvgIpc) is 2.01. The Morgan fingerprint density at radius 3 is 2.43 bits per heavy atom. The first-order chi connectivity index (χ1) is 6.32. The number of halogens is 4. The number of nitrogen functional groups attached to an aromatic ring is 1. The molecule has 0 fully saturated rings. The minimum atomic E-state index is -4.56. The third kappa shape index (κ3) is 2.27. The smallest absolute Gasteiger partial charge is 0.397 e. The molecule has 3 nitrogen and oxygen atoms in total. The Morgan fingerprint density at radius 1 is 1.43 bits per heavy atom. The molecule has 1 rings (SSSR count). The van der Waals surface area contributed by atoms with Gasteiger partial charge in [0, 0.05) is 6.20 Å². The highest BCUT2D eigenvalue weighted by molar-refractivity contribution is 6.30. The van der Waals surface area contributed by atoms with Gasteiger partial charge in [0.15, 0.2) is 0 Å². The Bertz CT molecular complexity index is 339. The highest BCUT2D eigenvalue weighted by atomic mass is 35.5. The van der Waals surface area contributed by atoms with Crippen LogP contribution >= 0.6 is 11.6 Å². The molecule has 0 saturated heterocycles. The summed E-state index contributed by atoms with van der Waals surface area (Å²) in [5, 5.41) is 0.167. The predicted molar refractivity (Wildman–Crippen MR) is 46.6 cm³/mol. The third-order valence-corrected chi connectivity index (χ3v) is 1.77. The summed E-state index contributed by atoms with van der Waals surface area (Å²) in [7, 11) is 0. The van der Waals surface area contributed by atoms with Crippen LogP contribution in [0.15, 0.2) is 12.3 Å². The van der Waals surface area contributed by atoms with E-state index >= 15 is 0 Å². The van der Waals surface area contributed by atoms with Crippen molar-refractivity contribution in [2.75, 3.05) is 5.73 Å². The van der Waals surface area contributed by atoms with E-state index in [2.05, 4.69) is 4.98 Å². The van der Waals surface area contributed by atoms with E-state index in [1.807, 2.05) is 0 Å². The molecule has 1 aromatic heterocycles. The molecule has 7 heteroatoms. The SMILES string of the molecule is Nc1cc(Cl)cnc1C(N)C(F)(F)F. The molecule has 1 heterocycles. The molecule has 1 unspecified atom stereocenters. The second-order valence-electron chi connectivity index (χ2n) is 2.65. The van der Waals surface area contributed by atoms with Gasteiger partial charge < -0.3 is 11.5 Å². The maximum Gasteiger partial charge on any atom is 0.409 e. The van der Waals surface area contributed by atoms with E-state index < -0.39 is 17.9 Å². The largest absolute Gasteiger partial charge is 0.409 e. The molecule has 0 aliphatic carbocycles. The number of pyridine rings is 1. The van der Waals surface area contributed by atoms with Gasteiger partial charge in [-0.1, -0.05) is 11.6 Å². The lowest BCUT2D eigenvalue weighted by Gasteiger charge is -2.16. The van der Waals surface area contributed by atoms with Crippen molar-refractivity contribution in [3.8, 4) is 0 Å². The summed E-state index contributed by atoms with van der Waals surface area (Å²) >= 11 is 5.47. The van der Waals surface area contributed by atoms with E-state index in [9.17, 15) is 13.2 Å². The van der Waals surface area contributed by atoms with E-state index in [4.69, 9.17) is 23.1 Å². The normalized spacial score (nSPS) is 14.1. The van der Waals surface area contributed by atoms with Crippen molar-refractivity contribution >= 4 is 17.3 Å². The molecule has 0 aliphatic heterocycles. The van der Waals surface area contributed by atoms with E-state index in [-0.39, 0.29) is 10.7 Å². The molecule has 0 aromatic carbocycles. The van der Waals surface area contributed by atoms with Crippen LogP contribution in [0.25, 0.3) is 0 Å². The van der Waals surface area contributed by atoms with E-state index in [0.717, 1.165) is 6.20 Å². The van der Waals surface area contributed by atoms with Crippen molar-refractivity contribution in [1.29, 1.82) is 0 Å². The number of hydrogen-bond acceptors (Lipinski definition) is 3. The molecular weight excluding hydrogens is 219 g/mol. The number of rotatable bonds is 1. The van der Waals surface area contributed by atoms with Crippen molar-refractivity contribution < 1.29 is 13.2 Å². The van der Waals surface area contributed by atoms with Crippen LogP contribution in [-0.2, 0) is 0 Å².